The summed E-state index contributed by atoms with van der Waals surface area (Å²) in [4.78, 5) is 4.54. The molecule has 0 aliphatic carbocycles. The molecule has 1 N–H and O–H groups in total. The van der Waals surface area contributed by atoms with Crippen LogP contribution in [-0.4, -0.2) is 24.0 Å². The lowest BCUT2D eigenvalue weighted by Gasteiger charge is -2.23. The molecule has 3 rings (SSSR count). The standard InChI is InChI=1S/C21H26N2S/c1-14-10-15(2)12-18(11-14)20(13-23-21-22-8-9-24-21)19-7-5-6-16(3)17(19)4/h5-7,10-12,20H,8-9,13H2,1-4H3,(H,22,23). The number of aryl methyl sites for hydroxylation is 3. The number of hydrogen-bond acceptors (Lipinski definition) is 3. The lowest BCUT2D eigenvalue weighted by atomic mass is 9.85. The largest absolute Gasteiger partial charge is 0.364 e. The van der Waals surface area contributed by atoms with Gasteiger partial charge in [-0.3, -0.25) is 4.99 Å². The Balaban J connectivity index is 1.97. The molecule has 0 aromatic heterocycles. The predicted octanol–water partition coefficient (Wildman–Crippen LogP) is 4.74. The highest BCUT2D eigenvalue weighted by Gasteiger charge is 2.19. The van der Waals surface area contributed by atoms with Gasteiger partial charge in [-0.25, -0.2) is 0 Å². The second kappa shape index (κ2) is 7.43. The lowest BCUT2D eigenvalue weighted by molar-refractivity contribution is 0.754. The summed E-state index contributed by atoms with van der Waals surface area (Å²) in [5, 5.41) is 4.67. The van der Waals surface area contributed by atoms with Crippen molar-refractivity contribution < 1.29 is 0 Å². The van der Waals surface area contributed by atoms with Gasteiger partial charge in [-0.05, 0) is 49.9 Å². The van der Waals surface area contributed by atoms with Crippen molar-refractivity contribution in [1.29, 1.82) is 0 Å². The first-order valence-corrected chi connectivity index (χ1v) is 9.58. The van der Waals surface area contributed by atoms with Crippen LogP contribution in [0, 0.1) is 27.7 Å². The zero-order valence-corrected chi connectivity index (χ0v) is 15.8. The van der Waals surface area contributed by atoms with Gasteiger partial charge in [0, 0.05) is 18.2 Å². The number of amidine groups is 1. The molecule has 0 saturated carbocycles. The zero-order valence-electron chi connectivity index (χ0n) is 15.0. The van der Waals surface area contributed by atoms with E-state index in [2.05, 4.69) is 74.4 Å². The highest BCUT2D eigenvalue weighted by Crippen LogP contribution is 2.30. The summed E-state index contributed by atoms with van der Waals surface area (Å²) >= 11 is 1.83. The van der Waals surface area contributed by atoms with E-state index in [0.717, 1.165) is 24.0 Å². The molecule has 1 aliphatic heterocycles. The molecule has 126 valence electrons. The number of thioether (sulfide) groups is 1. The van der Waals surface area contributed by atoms with Crippen molar-refractivity contribution in [2.45, 2.75) is 33.6 Å². The average Bonchev–Trinajstić information content (AvgIpc) is 3.04. The fourth-order valence-electron chi connectivity index (χ4n) is 3.40. The highest BCUT2D eigenvalue weighted by molar-refractivity contribution is 8.14. The molecule has 0 saturated heterocycles. The van der Waals surface area contributed by atoms with Crippen LogP contribution in [0.3, 0.4) is 0 Å². The van der Waals surface area contributed by atoms with Crippen LogP contribution in [0.2, 0.25) is 0 Å². The Hall–Kier alpha value is -1.74. The summed E-state index contributed by atoms with van der Waals surface area (Å²) in [6.07, 6.45) is 0. The van der Waals surface area contributed by atoms with E-state index in [9.17, 15) is 0 Å². The number of nitrogens with zero attached hydrogens (tertiary/aromatic N) is 1. The highest BCUT2D eigenvalue weighted by atomic mass is 32.2. The lowest BCUT2D eigenvalue weighted by Crippen LogP contribution is -2.26. The molecular formula is C21H26N2S. The molecule has 0 spiro atoms. The smallest absolute Gasteiger partial charge is 0.156 e. The summed E-state index contributed by atoms with van der Waals surface area (Å²) < 4.78 is 0. The van der Waals surface area contributed by atoms with Crippen LogP contribution in [0.1, 0.15) is 39.3 Å². The Labute approximate surface area is 149 Å². The van der Waals surface area contributed by atoms with Crippen molar-refractivity contribution in [3.63, 3.8) is 0 Å². The first kappa shape index (κ1) is 17.1. The molecule has 1 atom stereocenters. The van der Waals surface area contributed by atoms with Gasteiger partial charge in [0.1, 0.15) is 0 Å². The van der Waals surface area contributed by atoms with Gasteiger partial charge >= 0.3 is 0 Å². The SMILES string of the molecule is Cc1cc(C)cc(C(CNC2=NCCS2)c2cccc(C)c2C)c1. The molecule has 3 heteroatoms. The van der Waals surface area contributed by atoms with Gasteiger partial charge in [0.15, 0.2) is 5.17 Å². The first-order valence-electron chi connectivity index (χ1n) is 8.60. The van der Waals surface area contributed by atoms with E-state index in [4.69, 9.17) is 0 Å². The minimum atomic E-state index is 0.340. The summed E-state index contributed by atoms with van der Waals surface area (Å²) in [6, 6.07) is 13.5. The van der Waals surface area contributed by atoms with Crippen molar-refractivity contribution in [3.05, 3.63) is 69.8 Å². The van der Waals surface area contributed by atoms with E-state index >= 15 is 0 Å². The van der Waals surface area contributed by atoms with E-state index in [-0.39, 0.29) is 0 Å². The number of benzene rings is 2. The summed E-state index contributed by atoms with van der Waals surface area (Å²) in [7, 11) is 0. The Morgan fingerprint density at radius 3 is 2.50 bits per heavy atom. The van der Waals surface area contributed by atoms with Gasteiger partial charge < -0.3 is 5.32 Å². The maximum Gasteiger partial charge on any atom is 0.156 e. The first-order chi connectivity index (χ1) is 11.5. The van der Waals surface area contributed by atoms with Crippen LogP contribution in [0.4, 0.5) is 0 Å². The van der Waals surface area contributed by atoms with Gasteiger partial charge in [0.25, 0.3) is 0 Å². The third-order valence-electron chi connectivity index (χ3n) is 4.71. The van der Waals surface area contributed by atoms with E-state index in [1.807, 2.05) is 11.8 Å². The Morgan fingerprint density at radius 1 is 1.08 bits per heavy atom. The maximum absolute atomic E-state index is 4.54. The molecule has 2 nitrogen and oxygen atoms in total. The number of hydrogen-bond donors (Lipinski definition) is 1. The quantitative estimate of drug-likeness (QED) is 0.870. The fourth-order valence-corrected chi connectivity index (χ4v) is 4.15. The summed E-state index contributed by atoms with van der Waals surface area (Å²) in [5.74, 6) is 1.44. The minimum Gasteiger partial charge on any atom is -0.364 e. The molecule has 0 radical (unpaired) electrons. The van der Waals surface area contributed by atoms with Crippen LogP contribution in [-0.2, 0) is 0 Å². The minimum absolute atomic E-state index is 0.340. The van der Waals surface area contributed by atoms with Crippen LogP contribution >= 0.6 is 11.8 Å². The monoisotopic (exact) mass is 338 g/mol. The molecule has 24 heavy (non-hydrogen) atoms. The second-order valence-corrected chi connectivity index (χ2v) is 7.76. The maximum atomic E-state index is 4.54. The second-order valence-electron chi connectivity index (χ2n) is 6.68. The van der Waals surface area contributed by atoms with E-state index in [1.165, 1.54) is 33.4 Å². The third-order valence-corrected chi connectivity index (χ3v) is 5.64. The Kier molecular flexibility index (Phi) is 5.30. The molecule has 1 aliphatic rings. The van der Waals surface area contributed by atoms with Crippen molar-refractivity contribution in [2.75, 3.05) is 18.8 Å². The molecule has 1 unspecified atom stereocenters. The van der Waals surface area contributed by atoms with E-state index in [1.54, 1.807) is 0 Å². The van der Waals surface area contributed by atoms with Gasteiger partial charge in [-0.2, -0.15) is 0 Å². The summed E-state index contributed by atoms with van der Waals surface area (Å²) in [5.41, 5.74) is 8.20. The van der Waals surface area contributed by atoms with Gasteiger partial charge in [-0.1, -0.05) is 59.3 Å². The van der Waals surface area contributed by atoms with Crippen molar-refractivity contribution in [1.82, 2.24) is 5.32 Å². The Morgan fingerprint density at radius 2 is 1.83 bits per heavy atom. The fraction of sp³-hybridized carbons (Fsp3) is 0.381. The van der Waals surface area contributed by atoms with Crippen LogP contribution in [0.15, 0.2) is 41.4 Å². The number of nitrogens with one attached hydrogen (secondary N) is 1. The third kappa shape index (κ3) is 3.84. The predicted molar refractivity (Wildman–Crippen MR) is 106 cm³/mol. The van der Waals surface area contributed by atoms with E-state index in [0.29, 0.717) is 5.92 Å². The van der Waals surface area contributed by atoms with E-state index < -0.39 is 0 Å². The normalized spacial score (nSPS) is 15.2. The van der Waals surface area contributed by atoms with Crippen LogP contribution in [0.5, 0.6) is 0 Å². The molecule has 1 heterocycles. The van der Waals surface area contributed by atoms with Gasteiger partial charge in [0.2, 0.25) is 0 Å². The van der Waals surface area contributed by atoms with Crippen molar-refractivity contribution >= 4 is 16.9 Å². The molecule has 2 aromatic rings. The molecule has 0 bridgehead atoms. The van der Waals surface area contributed by atoms with Gasteiger partial charge in [-0.15, -0.1) is 0 Å². The van der Waals surface area contributed by atoms with Crippen molar-refractivity contribution in [3.8, 4) is 0 Å². The molecule has 0 fully saturated rings. The van der Waals surface area contributed by atoms with Crippen LogP contribution < -0.4 is 5.32 Å². The number of aliphatic imine (C=N–C) groups is 1. The number of rotatable bonds is 4. The topological polar surface area (TPSA) is 24.4 Å². The molecule has 0 amide bonds. The summed E-state index contributed by atoms with van der Waals surface area (Å²) in [6.45, 7) is 10.6. The molecular weight excluding hydrogens is 312 g/mol. The van der Waals surface area contributed by atoms with Gasteiger partial charge in [0.05, 0.1) is 6.54 Å². The molecule has 2 aromatic carbocycles. The average molecular weight is 339 g/mol. The van der Waals surface area contributed by atoms with Crippen LogP contribution in [0.25, 0.3) is 0 Å². The van der Waals surface area contributed by atoms with Crippen molar-refractivity contribution in [2.24, 2.45) is 4.99 Å². The zero-order chi connectivity index (χ0) is 17.1. The Bertz CT molecular complexity index is 744.